The standard InChI is InChI=1S/C21H19ClN2O3S2/c1-14-11-17-8-7-15(13-23-29(26,27)20-10-9-19(22)28-20)12-18(17)24(14)21(25)16-5-3-2-4-6-16/h2-10,12,14,23H,11,13H2,1H3/t14-/m0/s1. The molecule has 3 aromatic rings. The third kappa shape index (κ3) is 4.09. The van der Waals surface area contributed by atoms with E-state index in [1.807, 2.05) is 43.3 Å². The molecule has 1 aromatic heterocycles. The first-order valence-corrected chi connectivity index (χ1v) is 11.8. The molecule has 2 heterocycles. The molecule has 0 saturated carbocycles. The smallest absolute Gasteiger partial charge is 0.258 e. The van der Waals surface area contributed by atoms with Gasteiger partial charge >= 0.3 is 0 Å². The number of sulfonamides is 1. The zero-order valence-corrected chi connectivity index (χ0v) is 18.0. The average Bonchev–Trinajstić information content (AvgIpc) is 3.29. The number of carbonyl (C=O) groups excluding carboxylic acids is 1. The molecule has 1 aliphatic heterocycles. The highest BCUT2D eigenvalue weighted by Crippen LogP contribution is 2.34. The Balaban J connectivity index is 1.57. The molecule has 5 nitrogen and oxygen atoms in total. The maximum atomic E-state index is 13.0. The van der Waals surface area contributed by atoms with Gasteiger partial charge in [-0.15, -0.1) is 11.3 Å². The summed E-state index contributed by atoms with van der Waals surface area (Å²) >= 11 is 6.86. The Labute approximate surface area is 179 Å². The second-order valence-corrected chi connectivity index (χ2v) is 10.6. The van der Waals surface area contributed by atoms with Crippen molar-refractivity contribution in [3.05, 3.63) is 81.7 Å². The van der Waals surface area contributed by atoms with Crippen molar-refractivity contribution >= 4 is 44.6 Å². The van der Waals surface area contributed by atoms with E-state index in [0.717, 1.165) is 34.6 Å². The highest BCUT2D eigenvalue weighted by atomic mass is 35.5. The SMILES string of the molecule is C[C@H]1Cc2ccc(CNS(=O)(=O)c3ccc(Cl)s3)cc2N1C(=O)c1ccccc1. The van der Waals surface area contributed by atoms with Crippen LogP contribution >= 0.6 is 22.9 Å². The van der Waals surface area contributed by atoms with Crippen molar-refractivity contribution in [2.45, 2.75) is 30.1 Å². The number of halogens is 1. The number of benzene rings is 2. The number of anilines is 1. The zero-order valence-electron chi connectivity index (χ0n) is 15.6. The first kappa shape index (κ1) is 20.1. The molecule has 1 amide bonds. The predicted molar refractivity (Wildman–Crippen MR) is 116 cm³/mol. The molecule has 0 fully saturated rings. The quantitative estimate of drug-likeness (QED) is 0.628. The van der Waals surface area contributed by atoms with Crippen LogP contribution in [0.15, 0.2) is 64.9 Å². The number of fused-ring (bicyclic) bond motifs is 1. The molecule has 0 spiro atoms. The molecular weight excluding hydrogens is 428 g/mol. The number of nitrogens with zero attached hydrogens (tertiary/aromatic N) is 1. The van der Waals surface area contributed by atoms with Crippen LogP contribution in [0, 0.1) is 0 Å². The molecule has 0 radical (unpaired) electrons. The topological polar surface area (TPSA) is 66.5 Å². The second-order valence-electron chi connectivity index (χ2n) is 6.94. The normalized spacial score (nSPS) is 16.1. The highest BCUT2D eigenvalue weighted by molar-refractivity contribution is 7.91. The Hall–Kier alpha value is -2.19. The molecule has 0 bridgehead atoms. The van der Waals surface area contributed by atoms with E-state index in [0.29, 0.717) is 9.90 Å². The van der Waals surface area contributed by atoms with Gasteiger partial charge in [-0.2, -0.15) is 0 Å². The summed E-state index contributed by atoms with van der Waals surface area (Å²) in [5.74, 6) is -0.0530. The van der Waals surface area contributed by atoms with E-state index < -0.39 is 10.0 Å². The Morgan fingerprint density at radius 2 is 1.93 bits per heavy atom. The molecule has 0 aliphatic carbocycles. The minimum Gasteiger partial charge on any atom is -0.305 e. The maximum Gasteiger partial charge on any atom is 0.258 e. The Bertz CT molecular complexity index is 1160. The minimum atomic E-state index is -3.63. The average molecular weight is 447 g/mol. The minimum absolute atomic E-state index is 0.0397. The lowest BCUT2D eigenvalue weighted by molar-refractivity contribution is 0.0981. The van der Waals surface area contributed by atoms with Gasteiger partial charge in [0.25, 0.3) is 5.91 Å². The summed E-state index contributed by atoms with van der Waals surface area (Å²) in [7, 11) is -3.63. The molecule has 4 rings (SSSR count). The molecule has 1 N–H and O–H groups in total. The molecule has 1 atom stereocenters. The summed E-state index contributed by atoms with van der Waals surface area (Å²) in [4.78, 5) is 14.8. The van der Waals surface area contributed by atoms with Crippen LogP contribution in [0.25, 0.3) is 0 Å². The number of carbonyl (C=O) groups is 1. The Morgan fingerprint density at radius 3 is 2.62 bits per heavy atom. The van der Waals surface area contributed by atoms with Crippen molar-refractivity contribution in [1.29, 1.82) is 0 Å². The van der Waals surface area contributed by atoms with Crippen LogP contribution in [-0.4, -0.2) is 20.4 Å². The van der Waals surface area contributed by atoms with Crippen molar-refractivity contribution < 1.29 is 13.2 Å². The summed E-state index contributed by atoms with van der Waals surface area (Å²) in [6, 6.07) is 18.0. The summed E-state index contributed by atoms with van der Waals surface area (Å²) in [5, 5.41) is 0. The molecular formula is C21H19ClN2O3S2. The van der Waals surface area contributed by atoms with Crippen molar-refractivity contribution in [3.8, 4) is 0 Å². The molecule has 8 heteroatoms. The molecule has 0 unspecified atom stereocenters. The van der Waals surface area contributed by atoms with Crippen LogP contribution in [0.5, 0.6) is 0 Å². The van der Waals surface area contributed by atoms with Crippen LogP contribution in [0.1, 0.15) is 28.4 Å². The van der Waals surface area contributed by atoms with Crippen LogP contribution in [0.4, 0.5) is 5.69 Å². The van der Waals surface area contributed by atoms with E-state index in [9.17, 15) is 13.2 Å². The number of nitrogens with one attached hydrogen (secondary N) is 1. The van der Waals surface area contributed by atoms with Crippen LogP contribution in [0.3, 0.4) is 0 Å². The van der Waals surface area contributed by atoms with E-state index >= 15 is 0 Å². The van der Waals surface area contributed by atoms with E-state index in [-0.39, 0.29) is 22.7 Å². The summed E-state index contributed by atoms with van der Waals surface area (Å²) < 4.78 is 28.1. The fraction of sp³-hybridized carbons (Fsp3) is 0.190. The lowest BCUT2D eigenvalue weighted by Gasteiger charge is -2.23. The first-order chi connectivity index (χ1) is 13.8. The lowest BCUT2D eigenvalue weighted by atomic mass is 10.1. The van der Waals surface area contributed by atoms with Crippen LogP contribution in [-0.2, 0) is 23.0 Å². The summed E-state index contributed by atoms with van der Waals surface area (Å²) in [5.41, 5.74) is 3.34. The Morgan fingerprint density at radius 1 is 1.17 bits per heavy atom. The van der Waals surface area contributed by atoms with Gasteiger partial charge in [-0.05, 0) is 54.8 Å². The molecule has 2 aromatic carbocycles. The predicted octanol–water partition coefficient (Wildman–Crippen LogP) is 4.47. The first-order valence-electron chi connectivity index (χ1n) is 9.10. The van der Waals surface area contributed by atoms with Crippen LogP contribution < -0.4 is 9.62 Å². The number of amides is 1. The van der Waals surface area contributed by atoms with E-state index in [1.165, 1.54) is 6.07 Å². The highest BCUT2D eigenvalue weighted by Gasteiger charge is 2.31. The van der Waals surface area contributed by atoms with Gasteiger partial charge in [0, 0.05) is 23.8 Å². The second kappa shape index (κ2) is 7.91. The third-order valence-corrected chi connectivity index (χ3v) is 8.01. The molecule has 29 heavy (non-hydrogen) atoms. The molecule has 0 saturated heterocycles. The number of rotatable bonds is 5. The van der Waals surface area contributed by atoms with Crippen molar-refractivity contribution in [1.82, 2.24) is 4.72 Å². The number of hydrogen-bond donors (Lipinski definition) is 1. The van der Waals surface area contributed by atoms with E-state index in [2.05, 4.69) is 4.72 Å². The number of thiophene rings is 1. The summed E-state index contributed by atoms with van der Waals surface area (Å²) in [6.45, 7) is 2.15. The zero-order chi connectivity index (χ0) is 20.6. The fourth-order valence-corrected chi connectivity index (χ4v) is 6.03. The fourth-order valence-electron chi connectivity index (χ4n) is 3.48. The molecule has 150 valence electrons. The van der Waals surface area contributed by atoms with Gasteiger partial charge in [0.1, 0.15) is 4.21 Å². The van der Waals surface area contributed by atoms with Gasteiger partial charge in [0.15, 0.2) is 0 Å². The summed E-state index contributed by atoms with van der Waals surface area (Å²) in [6.07, 6.45) is 0.771. The van der Waals surface area contributed by atoms with Gasteiger partial charge in [-0.1, -0.05) is 41.9 Å². The molecule has 1 aliphatic rings. The third-order valence-electron chi connectivity index (χ3n) is 4.88. The van der Waals surface area contributed by atoms with Crippen molar-refractivity contribution in [2.24, 2.45) is 0 Å². The van der Waals surface area contributed by atoms with Crippen molar-refractivity contribution in [2.75, 3.05) is 4.90 Å². The van der Waals surface area contributed by atoms with Gasteiger partial charge in [0.2, 0.25) is 10.0 Å². The van der Waals surface area contributed by atoms with E-state index in [1.54, 1.807) is 23.1 Å². The monoisotopic (exact) mass is 446 g/mol. The van der Waals surface area contributed by atoms with Gasteiger partial charge in [-0.25, -0.2) is 13.1 Å². The maximum absolute atomic E-state index is 13.0. The van der Waals surface area contributed by atoms with Crippen LogP contribution in [0.2, 0.25) is 4.34 Å². The van der Waals surface area contributed by atoms with E-state index in [4.69, 9.17) is 11.6 Å². The van der Waals surface area contributed by atoms with Gasteiger partial charge in [0.05, 0.1) is 4.34 Å². The largest absolute Gasteiger partial charge is 0.305 e. The van der Waals surface area contributed by atoms with Gasteiger partial charge < -0.3 is 4.90 Å². The lowest BCUT2D eigenvalue weighted by Crippen LogP contribution is -2.35. The number of hydrogen-bond acceptors (Lipinski definition) is 4. The van der Waals surface area contributed by atoms with Gasteiger partial charge in [-0.3, -0.25) is 4.79 Å². The van der Waals surface area contributed by atoms with Crippen molar-refractivity contribution in [3.63, 3.8) is 0 Å². The Kier molecular flexibility index (Phi) is 5.48.